The van der Waals surface area contributed by atoms with Crippen molar-refractivity contribution in [3.05, 3.63) is 82.0 Å². The predicted octanol–water partition coefficient (Wildman–Crippen LogP) is 4.08. The Labute approximate surface area is 217 Å². The Kier molecular flexibility index (Phi) is 6.50. The molecule has 1 fully saturated rings. The minimum absolute atomic E-state index is 0.0699. The maximum absolute atomic E-state index is 13.7. The maximum Gasteiger partial charge on any atom is 0.256 e. The number of benzene rings is 2. The maximum atomic E-state index is 13.7. The van der Waals surface area contributed by atoms with Gasteiger partial charge in [-0.1, -0.05) is 34.6 Å². The molecule has 3 heterocycles. The molecule has 2 aliphatic rings. The van der Waals surface area contributed by atoms with E-state index in [0.29, 0.717) is 50.1 Å². The zero-order valence-electron chi connectivity index (χ0n) is 19.7. The Morgan fingerprint density at radius 3 is 2.72 bits per heavy atom. The molecule has 2 amide bonds. The zero-order chi connectivity index (χ0) is 25.4. The molecule has 0 aliphatic carbocycles. The van der Waals surface area contributed by atoms with E-state index in [1.807, 2.05) is 45.9 Å². The van der Waals surface area contributed by atoms with E-state index in [4.69, 9.17) is 0 Å². The van der Waals surface area contributed by atoms with Gasteiger partial charge in [-0.05, 0) is 47.9 Å². The molecule has 2 aliphatic heterocycles. The van der Waals surface area contributed by atoms with Crippen LogP contribution >= 0.6 is 15.9 Å². The molecule has 7 nitrogen and oxygen atoms in total. The van der Waals surface area contributed by atoms with Crippen molar-refractivity contribution in [2.45, 2.75) is 25.9 Å². The van der Waals surface area contributed by atoms with Gasteiger partial charge in [0.2, 0.25) is 5.91 Å². The molecule has 5 rings (SSSR count). The summed E-state index contributed by atoms with van der Waals surface area (Å²) in [5.74, 6) is 0.0357. The van der Waals surface area contributed by atoms with Crippen molar-refractivity contribution in [1.29, 1.82) is 5.26 Å². The second-order valence-corrected chi connectivity index (χ2v) is 10.3. The number of hydrogen-bond acceptors (Lipinski definition) is 4. The molecule has 1 saturated heterocycles. The van der Waals surface area contributed by atoms with Crippen LogP contribution in [-0.4, -0.2) is 51.6 Å². The van der Waals surface area contributed by atoms with Gasteiger partial charge >= 0.3 is 0 Å². The third-order valence-electron chi connectivity index (χ3n) is 7.05. The first-order valence-electron chi connectivity index (χ1n) is 11.9. The normalized spacial score (nSPS) is 15.2. The molecule has 0 N–H and O–H groups in total. The molecule has 8 heteroatoms. The van der Waals surface area contributed by atoms with E-state index in [1.54, 1.807) is 11.1 Å². The number of ketones is 1. The van der Waals surface area contributed by atoms with Crippen LogP contribution in [0.2, 0.25) is 0 Å². The molecule has 36 heavy (non-hydrogen) atoms. The number of carbonyl (C=O) groups is 3. The van der Waals surface area contributed by atoms with Crippen LogP contribution in [0.15, 0.2) is 59.7 Å². The summed E-state index contributed by atoms with van der Waals surface area (Å²) in [5.41, 5.74) is 4.08. The summed E-state index contributed by atoms with van der Waals surface area (Å²) in [6, 6.07) is 13.6. The lowest BCUT2D eigenvalue weighted by Crippen LogP contribution is -2.50. The topological polar surface area (TPSA) is 86.4 Å². The summed E-state index contributed by atoms with van der Waals surface area (Å²) >= 11 is 3.51. The predicted molar refractivity (Wildman–Crippen MR) is 139 cm³/mol. The van der Waals surface area contributed by atoms with Gasteiger partial charge in [0.05, 0.1) is 23.7 Å². The highest BCUT2D eigenvalue weighted by Crippen LogP contribution is 2.29. The molecular formula is C28H25BrN4O3. The highest BCUT2D eigenvalue weighted by atomic mass is 79.9. The second kappa shape index (κ2) is 9.75. The number of nitriles is 1. The number of likely N-dealkylation sites (tertiary alicyclic amines) is 1. The Hall–Kier alpha value is -3.70. The first-order valence-corrected chi connectivity index (χ1v) is 12.7. The molecule has 0 bridgehead atoms. The molecule has 2 aromatic carbocycles. The van der Waals surface area contributed by atoms with Crippen LogP contribution in [0.4, 0.5) is 0 Å². The van der Waals surface area contributed by atoms with Gasteiger partial charge < -0.3 is 14.4 Å². The number of aromatic nitrogens is 1. The van der Waals surface area contributed by atoms with Crippen LogP contribution in [-0.2, 0) is 29.1 Å². The fourth-order valence-electron chi connectivity index (χ4n) is 5.21. The second-order valence-electron chi connectivity index (χ2n) is 9.42. The Morgan fingerprint density at radius 1 is 1.17 bits per heavy atom. The smallest absolute Gasteiger partial charge is 0.256 e. The summed E-state index contributed by atoms with van der Waals surface area (Å²) in [5, 5.41) is 10.2. The van der Waals surface area contributed by atoms with E-state index in [-0.39, 0.29) is 30.1 Å². The average Bonchev–Trinajstić information content (AvgIpc) is 3.21. The number of Topliss-reactive ketones (excluding diaryl/α,β-unsaturated/α-hetero) is 1. The summed E-state index contributed by atoms with van der Waals surface area (Å²) in [6.45, 7) is 5.80. The summed E-state index contributed by atoms with van der Waals surface area (Å²) < 4.78 is 2.71. The van der Waals surface area contributed by atoms with Crippen molar-refractivity contribution in [2.24, 2.45) is 5.92 Å². The molecule has 0 unspecified atom stereocenters. The largest absolute Gasteiger partial charge is 0.339 e. The average molecular weight is 545 g/mol. The molecule has 0 atom stereocenters. The lowest BCUT2D eigenvalue weighted by Gasteiger charge is -2.38. The number of carbonyl (C=O) groups excluding carboxylic acids is 3. The van der Waals surface area contributed by atoms with Crippen LogP contribution in [0.3, 0.4) is 0 Å². The summed E-state index contributed by atoms with van der Waals surface area (Å²) in [6.07, 6.45) is 4.11. The Bertz CT molecular complexity index is 1440. The van der Waals surface area contributed by atoms with Crippen molar-refractivity contribution in [3.8, 4) is 6.07 Å². The first kappa shape index (κ1) is 24.0. The monoisotopic (exact) mass is 544 g/mol. The standard InChI is InChI=1S/C28H25BrN4O3/c1-2-27(35)33-13-18(14-33)10-22(34)16-32-17-25(24-11-21(29)6-7-26(24)32)28(36)31-9-8-23-19(12-30)4-3-5-20(23)15-31/h2-7,11,17-18H,1,8-10,13-16H2. The third-order valence-corrected chi connectivity index (χ3v) is 7.55. The van der Waals surface area contributed by atoms with Gasteiger partial charge in [-0.2, -0.15) is 5.26 Å². The lowest BCUT2D eigenvalue weighted by molar-refractivity contribution is -0.134. The lowest BCUT2D eigenvalue weighted by atomic mass is 9.94. The Morgan fingerprint density at radius 2 is 1.97 bits per heavy atom. The number of nitrogens with zero attached hydrogens (tertiary/aromatic N) is 4. The fraction of sp³-hybridized carbons (Fsp3) is 0.286. The molecule has 0 radical (unpaired) electrons. The third kappa shape index (κ3) is 4.47. The van der Waals surface area contributed by atoms with E-state index >= 15 is 0 Å². The number of halogens is 1. The van der Waals surface area contributed by atoms with E-state index in [9.17, 15) is 19.6 Å². The molecule has 0 saturated carbocycles. The zero-order valence-corrected chi connectivity index (χ0v) is 21.3. The highest BCUT2D eigenvalue weighted by Gasteiger charge is 2.31. The van der Waals surface area contributed by atoms with Crippen molar-refractivity contribution in [3.63, 3.8) is 0 Å². The van der Waals surface area contributed by atoms with Crippen LogP contribution in [0, 0.1) is 17.2 Å². The van der Waals surface area contributed by atoms with Gasteiger partial charge in [-0.25, -0.2) is 0 Å². The first-order chi connectivity index (χ1) is 17.4. The minimum atomic E-state index is -0.104. The molecule has 182 valence electrons. The van der Waals surface area contributed by atoms with Gasteiger partial charge in [-0.15, -0.1) is 0 Å². The summed E-state index contributed by atoms with van der Waals surface area (Å²) in [7, 11) is 0. The van der Waals surface area contributed by atoms with Crippen molar-refractivity contribution in [1.82, 2.24) is 14.4 Å². The highest BCUT2D eigenvalue weighted by molar-refractivity contribution is 9.10. The van der Waals surface area contributed by atoms with Crippen molar-refractivity contribution in [2.75, 3.05) is 19.6 Å². The molecule has 3 aromatic rings. The fourth-order valence-corrected chi connectivity index (χ4v) is 5.57. The SMILES string of the molecule is C=CC(=O)N1CC(CC(=O)Cn2cc(C(=O)N3CCc4c(C#N)cccc4C3)c3cc(Br)ccc32)C1. The van der Waals surface area contributed by atoms with Crippen LogP contribution in [0.25, 0.3) is 10.9 Å². The minimum Gasteiger partial charge on any atom is -0.339 e. The van der Waals surface area contributed by atoms with Crippen LogP contribution in [0.1, 0.15) is 33.5 Å². The number of hydrogen-bond donors (Lipinski definition) is 0. The van der Waals surface area contributed by atoms with Gasteiger partial charge in [0, 0.05) is 60.1 Å². The van der Waals surface area contributed by atoms with E-state index < -0.39 is 0 Å². The molecular weight excluding hydrogens is 520 g/mol. The quantitative estimate of drug-likeness (QED) is 0.437. The van der Waals surface area contributed by atoms with Crippen molar-refractivity contribution < 1.29 is 14.4 Å². The van der Waals surface area contributed by atoms with E-state index in [2.05, 4.69) is 28.6 Å². The van der Waals surface area contributed by atoms with Gasteiger partial charge in [-0.3, -0.25) is 14.4 Å². The van der Waals surface area contributed by atoms with Gasteiger partial charge in [0.1, 0.15) is 0 Å². The van der Waals surface area contributed by atoms with E-state index in [1.165, 1.54) is 6.08 Å². The van der Waals surface area contributed by atoms with Gasteiger partial charge in [0.15, 0.2) is 5.78 Å². The Balaban J connectivity index is 1.35. The van der Waals surface area contributed by atoms with Crippen LogP contribution in [0.5, 0.6) is 0 Å². The van der Waals surface area contributed by atoms with E-state index in [0.717, 1.165) is 26.5 Å². The number of rotatable bonds is 6. The number of fused-ring (bicyclic) bond motifs is 2. The van der Waals surface area contributed by atoms with Crippen molar-refractivity contribution >= 4 is 44.4 Å². The molecule has 1 aromatic heterocycles. The number of amides is 2. The van der Waals surface area contributed by atoms with Gasteiger partial charge in [0.25, 0.3) is 5.91 Å². The summed E-state index contributed by atoms with van der Waals surface area (Å²) in [4.78, 5) is 41.7. The van der Waals surface area contributed by atoms with Crippen LogP contribution < -0.4 is 0 Å². The molecule has 0 spiro atoms.